The molecule has 5 atom stereocenters. The van der Waals surface area contributed by atoms with Crippen LogP contribution < -0.4 is 0 Å². The van der Waals surface area contributed by atoms with Crippen molar-refractivity contribution in [3.63, 3.8) is 0 Å². The van der Waals surface area contributed by atoms with Crippen molar-refractivity contribution in [2.24, 2.45) is 0 Å². The standard InChI is InChI=1S/C26H60O13Si3/c1-40(2,3)38-42(7,39-41(4,5)6)11-9-8-10-33-14-23(29)15-35-18-25(31)19-37-21-26(32)20-36-17-24(30)16-34-13-22(28)12-27/h22-32H,8-21H2,1-7H3. The van der Waals surface area contributed by atoms with E-state index in [9.17, 15) is 20.4 Å². The van der Waals surface area contributed by atoms with Crippen LogP contribution in [0.3, 0.4) is 0 Å². The highest BCUT2D eigenvalue weighted by atomic mass is 28.5. The number of aliphatic hydroxyl groups is 6. The molecule has 5 unspecified atom stereocenters. The molecular weight excluding hydrogens is 605 g/mol. The molecule has 42 heavy (non-hydrogen) atoms. The van der Waals surface area contributed by atoms with Gasteiger partial charge in [0.05, 0.1) is 66.1 Å². The van der Waals surface area contributed by atoms with Crippen molar-refractivity contribution in [1.29, 1.82) is 0 Å². The summed E-state index contributed by atoms with van der Waals surface area (Å²) in [5.41, 5.74) is 0. The summed E-state index contributed by atoms with van der Waals surface area (Å²) in [5, 5.41) is 57.5. The van der Waals surface area contributed by atoms with Crippen LogP contribution >= 0.6 is 0 Å². The van der Waals surface area contributed by atoms with E-state index < -0.39 is 62.3 Å². The molecule has 16 heteroatoms. The Morgan fingerprint density at radius 2 is 0.762 bits per heavy atom. The van der Waals surface area contributed by atoms with E-state index in [1.165, 1.54) is 0 Å². The molecule has 254 valence electrons. The first-order valence-electron chi connectivity index (χ1n) is 14.7. The molecule has 0 saturated heterocycles. The Labute approximate surface area is 255 Å². The van der Waals surface area contributed by atoms with Crippen LogP contribution in [0.25, 0.3) is 0 Å². The smallest absolute Gasteiger partial charge is 0.314 e. The minimum atomic E-state index is -2.25. The summed E-state index contributed by atoms with van der Waals surface area (Å²) in [6.07, 6.45) is -2.88. The van der Waals surface area contributed by atoms with Gasteiger partial charge in [-0.15, -0.1) is 0 Å². The van der Waals surface area contributed by atoms with E-state index in [1.807, 2.05) is 0 Å². The molecule has 0 aromatic heterocycles. The van der Waals surface area contributed by atoms with Crippen LogP contribution in [0.1, 0.15) is 12.8 Å². The SMILES string of the molecule is C[Si](C)(C)O[Si](C)(CCCCOCC(O)COCC(O)COCC(O)COCC(O)COCC(O)CO)O[Si](C)(C)C. The molecule has 0 spiro atoms. The third kappa shape index (κ3) is 26.5. The van der Waals surface area contributed by atoms with Crippen LogP contribution in [0.2, 0.25) is 51.9 Å². The molecule has 0 aliphatic rings. The van der Waals surface area contributed by atoms with Crippen LogP contribution in [-0.4, -0.2) is 159 Å². The maximum absolute atomic E-state index is 10.1. The van der Waals surface area contributed by atoms with Crippen LogP contribution in [0, 0.1) is 0 Å². The zero-order chi connectivity index (χ0) is 32.2. The lowest BCUT2D eigenvalue weighted by Crippen LogP contribution is -2.52. The van der Waals surface area contributed by atoms with E-state index in [1.54, 1.807) is 0 Å². The minimum Gasteiger partial charge on any atom is -0.437 e. The third-order valence-corrected chi connectivity index (χ3v) is 14.8. The topological polar surface area (TPSA) is 186 Å². The highest BCUT2D eigenvalue weighted by Crippen LogP contribution is 2.26. The molecule has 0 radical (unpaired) electrons. The average Bonchev–Trinajstić information content (AvgIpc) is 2.83. The molecule has 0 aromatic carbocycles. The lowest BCUT2D eigenvalue weighted by Gasteiger charge is -2.38. The maximum atomic E-state index is 10.1. The highest BCUT2D eigenvalue weighted by Gasteiger charge is 2.39. The molecule has 13 nitrogen and oxygen atoms in total. The quantitative estimate of drug-likeness (QED) is 0.0500. The van der Waals surface area contributed by atoms with Gasteiger partial charge in [0.2, 0.25) is 0 Å². The molecule has 6 N–H and O–H groups in total. The number of hydrogen-bond acceptors (Lipinski definition) is 13. The molecular formula is C26H60O13Si3. The molecule has 0 aliphatic heterocycles. The monoisotopic (exact) mass is 664 g/mol. The van der Waals surface area contributed by atoms with Crippen molar-refractivity contribution >= 4 is 25.2 Å². The first kappa shape index (κ1) is 42.1. The summed E-state index contributed by atoms with van der Waals surface area (Å²) >= 11 is 0. The van der Waals surface area contributed by atoms with Crippen molar-refractivity contribution in [1.82, 2.24) is 0 Å². The second-order valence-electron chi connectivity index (χ2n) is 12.7. The third-order valence-electron chi connectivity index (χ3n) is 5.22. The van der Waals surface area contributed by atoms with Gasteiger partial charge in [-0.05, 0) is 64.7 Å². The second-order valence-corrected chi connectivity index (χ2v) is 25.5. The van der Waals surface area contributed by atoms with Gasteiger partial charge in [0.1, 0.15) is 30.5 Å². The number of unbranched alkanes of at least 4 members (excludes halogenated alkanes) is 1. The summed E-state index contributed by atoms with van der Waals surface area (Å²) in [5.74, 6) is 0. The second kappa shape index (κ2) is 22.6. The Balaban J connectivity index is 3.89. The van der Waals surface area contributed by atoms with Gasteiger partial charge in [0, 0.05) is 6.61 Å². The molecule has 0 fully saturated rings. The van der Waals surface area contributed by atoms with E-state index in [-0.39, 0.29) is 59.5 Å². The van der Waals surface area contributed by atoms with Crippen molar-refractivity contribution in [3.8, 4) is 0 Å². The number of aliphatic hydroxyl groups excluding tert-OH is 6. The van der Waals surface area contributed by atoms with Gasteiger partial charge in [0.25, 0.3) is 0 Å². The molecule has 0 heterocycles. The van der Waals surface area contributed by atoms with Gasteiger partial charge >= 0.3 is 8.56 Å². The Kier molecular flexibility index (Phi) is 22.7. The van der Waals surface area contributed by atoms with Gasteiger partial charge in [-0.3, -0.25) is 0 Å². The van der Waals surface area contributed by atoms with Crippen molar-refractivity contribution in [3.05, 3.63) is 0 Å². The van der Waals surface area contributed by atoms with Crippen LogP contribution in [0.4, 0.5) is 0 Å². The molecule has 0 amide bonds. The van der Waals surface area contributed by atoms with Crippen LogP contribution in [0.5, 0.6) is 0 Å². The normalized spacial score (nSPS) is 16.8. The van der Waals surface area contributed by atoms with Gasteiger partial charge in [-0.25, -0.2) is 0 Å². The molecule has 0 saturated carbocycles. The van der Waals surface area contributed by atoms with Gasteiger partial charge in [0.15, 0.2) is 16.6 Å². The molecule has 0 bridgehead atoms. The molecule has 0 aromatic rings. The van der Waals surface area contributed by atoms with Crippen LogP contribution in [-0.2, 0) is 31.9 Å². The Hall–Kier alpha value is 0.131. The molecule has 0 rings (SSSR count). The number of ether oxygens (including phenoxy) is 5. The summed E-state index contributed by atoms with van der Waals surface area (Å²) in [7, 11) is -5.68. The van der Waals surface area contributed by atoms with E-state index in [0.29, 0.717) is 6.61 Å². The fourth-order valence-electron chi connectivity index (χ4n) is 3.89. The van der Waals surface area contributed by atoms with Gasteiger partial charge in [-0.1, -0.05) is 0 Å². The Morgan fingerprint density at radius 1 is 0.452 bits per heavy atom. The summed E-state index contributed by atoms with van der Waals surface area (Å²) < 4.78 is 39.4. The summed E-state index contributed by atoms with van der Waals surface area (Å²) in [4.78, 5) is 0. The number of hydrogen-bond donors (Lipinski definition) is 6. The lowest BCUT2D eigenvalue weighted by atomic mass is 10.3. The zero-order valence-electron chi connectivity index (χ0n) is 26.8. The first-order chi connectivity index (χ1) is 19.4. The van der Waals surface area contributed by atoms with E-state index in [0.717, 1.165) is 18.9 Å². The lowest BCUT2D eigenvalue weighted by molar-refractivity contribution is -0.0818. The Bertz CT molecular complexity index is 636. The summed E-state index contributed by atoms with van der Waals surface area (Å²) in [6, 6.07) is 0.915. The van der Waals surface area contributed by atoms with E-state index in [2.05, 4.69) is 45.8 Å². The van der Waals surface area contributed by atoms with Gasteiger partial charge < -0.3 is 62.6 Å². The fraction of sp³-hybridized carbons (Fsp3) is 1.00. The van der Waals surface area contributed by atoms with E-state index >= 15 is 0 Å². The minimum absolute atomic E-state index is 0.0115. The maximum Gasteiger partial charge on any atom is 0.314 e. The summed E-state index contributed by atoms with van der Waals surface area (Å²) in [6.45, 7) is 15.0. The molecule has 0 aliphatic carbocycles. The predicted octanol–water partition coefficient (Wildman–Crippen LogP) is 0.421. The average molecular weight is 665 g/mol. The fourth-order valence-corrected chi connectivity index (χ4v) is 16.5. The first-order valence-corrected chi connectivity index (χ1v) is 24.1. The largest absolute Gasteiger partial charge is 0.437 e. The Morgan fingerprint density at radius 3 is 1.07 bits per heavy atom. The van der Waals surface area contributed by atoms with Crippen molar-refractivity contribution < 1.29 is 62.6 Å². The van der Waals surface area contributed by atoms with Crippen LogP contribution in [0.15, 0.2) is 0 Å². The van der Waals surface area contributed by atoms with E-state index in [4.69, 9.17) is 42.1 Å². The van der Waals surface area contributed by atoms with Crippen molar-refractivity contribution in [2.45, 2.75) is 95.2 Å². The predicted molar refractivity (Wildman–Crippen MR) is 166 cm³/mol. The zero-order valence-corrected chi connectivity index (χ0v) is 29.8. The van der Waals surface area contributed by atoms with Gasteiger partial charge in [-0.2, -0.15) is 0 Å². The highest BCUT2D eigenvalue weighted by molar-refractivity contribution is 6.87. The van der Waals surface area contributed by atoms with Crippen molar-refractivity contribution in [2.75, 3.05) is 72.7 Å². The number of rotatable bonds is 28.